The fraction of sp³-hybridized carbons (Fsp3) is 0.526. The number of nitrogens with one attached hydrogen (secondary N) is 2. The van der Waals surface area contributed by atoms with Gasteiger partial charge < -0.3 is 10.1 Å². The molecule has 0 radical (unpaired) electrons. The van der Waals surface area contributed by atoms with E-state index < -0.39 is 0 Å². The molecular weight excluding hydrogens is 346 g/mol. The number of carbonyl (C=O) groups is 2. The number of fused-ring (bicyclic) bond motifs is 3. The molecule has 3 unspecified atom stereocenters. The molecule has 2 aliphatic heterocycles. The van der Waals surface area contributed by atoms with Gasteiger partial charge >= 0.3 is 0 Å². The van der Waals surface area contributed by atoms with Gasteiger partial charge in [-0.05, 0) is 30.5 Å². The van der Waals surface area contributed by atoms with Crippen LogP contribution >= 0.6 is 0 Å². The molecule has 1 aromatic carbocycles. The molecule has 0 aromatic heterocycles. The first-order valence-corrected chi connectivity index (χ1v) is 9.45. The minimum Gasteiger partial charge on any atom is -0.497 e. The molecule has 2 fully saturated rings. The van der Waals surface area contributed by atoms with E-state index in [1.807, 2.05) is 29.3 Å². The zero-order chi connectivity index (χ0) is 18.8. The molecule has 0 bridgehead atoms. The molecule has 2 N–H and O–H groups in total. The number of ether oxygens (including phenoxy) is 1. The Bertz CT molecular complexity index is 735. The first kappa shape index (κ1) is 17.8. The summed E-state index contributed by atoms with van der Waals surface area (Å²) < 4.78 is 5.12. The van der Waals surface area contributed by atoms with E-state index in [2.05, 4.69) is 15.8 Å². The Kier molecular flexibility index (Phi) is 4.98. The van der Waals surface area contributed by atoms with Crippen molar-refractivity contribution in [3.8, 4) is 5.75 Å². The summed E-state index contributed by atoms with van der Waals surface area (Å²) in [5, 5.41) is 10.1. The Balaban J connectivity index is 1.33. The third-order valence-electron chi connectivity index (χ3n) is 5.60. The van der Waals surface area contributed by atoms with E-state index in [1.54, 1.807) is 13.4 Å². The predicted molar refractivity (Wildman–Crippen MR) is 99.6 cm³/mol. The van der Waals surface area contributed by atoms with E-state index in [9.17, 15) is 9.59 Å². The van der Waals surface area contributed by atoms with Gasteiger partial charge in [0.25, 0.3) is 5.91 Å². The normalized spacial score (nSPS) is 26.6. The minimum absolute atomic E-state index is 0.0623. The van der Waals surface area contributed by atoms with Crippen LogP contribution in [-0.2, 0) is 16.1 Å². The van der Waals surface area contributed by atoms with Crippen molar-refractivity contribution in [3.05, 3.63) is 29.8 Å². The Labute approximate surface area is 158 Å². The Hall–Kier alpha value is -2.61. The van der Waals surface area contributed by atoms with Crippen LogP contribution in [0.25, 0.3) is 0 Å². The molecule has 144 valence electrons. The van der Waals surface area contributed by atoms with Crippen LogP contribution in [0.5, 0.6) is 5.75 Å². The average Bonchev–Trinajstić information content (AvgIpc) is 3.08. The molecule has 1 aliphatic carbocycles. The van der Waals surface area contributed by atoms with E-state index in [1.165, 1.54) is 11.4 Å². The average molecular weight is 371 g/mol. The van der Waals surface area contributed by atoms with E-state index >= 15 is 0 Å². The van der Waals surface area contributed by atoms with Gasteiger partial charge in [0.1, 0.15) is 24.7 Å². The second kappa shape index (κ2) is 7.56. The summed E-state index contributed by atoms with van der Waals surface area (Å²) in [5.74, 6) is 0.742. The van der Waals surface area contributed by atoms with Crippen LogP contribution in [0, 0.1) is 5.92 Å². The van der Waals surface area contributed by atoms with Gasteiger partial charge in [0.2, 0.25) is 5.91 Å². The van der Waals surface area contributed by atoms with Crippen LogP contribution in [0.2, 0.25) is 0 Å². The van der Waals surface area contributed by atoms with Crippen molar-refractivity contribution in [3.63, 3.8) is 0 Å². The Morgan fingerprint density at radius 2 is 2.07 bits per heavy atom. The van der Waals surface area contributed by atoms with Crippen LogP contribution in [-0.4, -0.2) is 53.9 Å². The van der Waals surface area contributed by atoms with Gasteiger partial charge in [-0.3, -0.25) is 14.6 Å². The number of carbonyl (C=O) groups excluding carboxylic acids is 2. The van der Waals surface area contributed by atoms with E-state index in [4.69, 9.17) is 4.74 Å². The van der Waals surface area contributed by atoms with Crippen molar-refractivity contribution in [1.82, 2.24) is 20.8 Å². The lowest BCUT2D eigenvalue weighted by molar-refractivity contribution is -0.141. The first-order valence-electron chi connectivity index (χ1n) is 9.45. The maximum absolute atomic E-state index is 12.9. The molecule has 27 heavy (non-hydrogen) atoms. The molecule has 2 heterocycles. The van der Waals surface area contributed by atoms with Crippen molar-refractivity contribution in [2.24, 2.45) is 11.0 Å². The second-order valence-corrected chi connectivity index (χ2v) is 7.29. The highest BCUT2D eigenvalue weighted by Gasteiger charge is 2.48. The maximum atomic E-state index is 12.9. The molecular formula is C19H25N5O3. The van der Waals surface area contributed by atoms with Gasteiger partial charge in [-0.25, -0.2) is 10.4 Å². The van der Waals surface area contributed by atoms with Crippen molar-refractivity contribution in [2.75, 3.05) is 13.7 Å². The van der Waals surface area contributed by atoms with E-state index in [-0.39, 0.29) is 24.4 Å². The predicted octanol–water partition coefficient (Wildman–Crippen LogP) is 0.845. The Morgan fingerprint density at radius 1 is 1.30 bits per heavy atom. The number of hydrogen-bond acceptors (Lipinski definition) is 6. The fourth-order valence-corrected chi connectivity index (χ4v) is 4.17. The maximum Gasteiger partial charge on any atom is 0.267 e. The zero-order valence-corrected chi connectivity index (χ0v) is 15.4. The number of hydrogen-bond donors (Lipinski definition) is 2. The third kappa shape index (κ3) is 3.62. The smallest absolute Gasteiger partial charge is 0.267 e. The summed E-state index contributed by atoms with van der Waals surface area (Å²) in [4.78, 5) is 25.2. The van der Waals surface area contributed by atoms with Crippen LogP contribution in [0.1, 0.15) is 31.2 Å². The van der Waals surface area contributed by atoms with Crippen LogP contribution in [0.4, 0.5) is 0 Å². The zero-order valence-electron chi connectivity index (χ0n) is 15.4. The van der Waals surface area contributed by atoms with Gasteiger partial charge in [0.05, 0.1) is 7.11 Å². The molecule has 3 atom stereocenters. The quantitative estimate of drug-likeness (QED) is 0.801. The molecule has 1 aromatic rings. The number of amides is 2. The molecule has 4 rings (SSSR count). The fourth-order valence-electron chi connectivity index (χ4n) is 4.17. The first-order chi connectivity index (χ1) is 13.2. The van der Waals surface area contributed by atoms with Gasteiger partial charge in [-0.1, -0.05) is 25.0 Å². The number of hydrazone groups is 1. The van der Waals surface area contributed by atoms with Gasteiger partial charge in [-0.15, -0.1) is 0 Å². The highest BCUT2D eigenvalue weighted by Crippen LogP contribution is 2.35. The molecule has 8 nitrogen and oxygen atoms in total. The van der Waals surface area contributed by atoms with Gasteiger partial charge in [0.15, 0.2) is 0 Å². The molecule has 1 saturated heterocycles. The third-order valence-corrected chi connectivity index (χ3v) is 5.60. The topological polar surface area (TPSA) is 86.3 Å². The Morgan fingerprint density at radius 3 is 2.85 bits per heavy atom. The summed E-state index contributed by atoms with van der Waals surface area (Å²) in [5.41, 5.74) is 4.35. The second-order valence-electron chi connectivity index (χ2n) is 7.29. The number of benzene rings is 1. The molecule has 2 amide bonds. The van der Waals surface area contributed by atoms with Gasteiger partial charge in [-0.2, -0.15) is 5.10 Å². The standard InChI is InChI=1S/C19H25N5O3/c1-27-14-8-6-13(7-9-14)10-20-17(25)11-23-19(26)18-15-4-2-3-5-16(15)22-24(18)12-21-23/h6-9,12,15-16,18,22H,2-5,10-11H2,1H3,(H,20,25). The van der Waals surface area contributed by atoms with Gasteiger partial charge in [0, 0.05) is 18.5 Å². The van der Waals surface area contributed by atoms with Crippen molar-refractivity contribution >= 4 is 18.2 Å². The minimum atomic E-state index is -0.248. The highest BCUT2D eigenvalue weighted by molar-refractivity contribution is 5.91. The number of methoxy groups -OCH3 is 1. The lowest BCUT2D eigenvalue weighted by atomic mass is 9.81. The van der Waals surface area contributed by atoms with Crippen molar-refractivity contribution < 1.29 is 14.3 Å². The summed E-state index contributed by atoms with van der Waals surface area (Å²) >= 11 is 0. The van der Waals surface area contributed by atoms with E-state index in [0.717, 1.165) is 30.6 Å². The largest absolute Gasteiger partial charge is 0.497 e. The molecule has 0 spiro atoms. The molecule has 1 saturated carbocycles. The number of rotatable bonds is 5. The van der Waals surface area contributed by atoms with Crippen molar-refractivity contribution in [1.29, 1.82) is 0 Å². The summed E-state index contributed by atoms with van der Waals surface area (Å²) in [6, 6.07) is 7.58. The summed E-state index contributed by atoms with van der Waals surface area (Å²) in [6.45, 7) is 0.337. The van der Waals surface area contributed by atoms with Crippen molar-refractivity contribution in [2.45, 2.75) is 44.3 Å². The number of hydrazine groups is 1. The summed E-state index contributed by atoms with van der Waals surface area (Å²) in [7, 11) is 1.61. The van der Waals surface area contributed by atoms with Crippen LogP contribution < -0.4 is 15.5 Å². The SMILES string of the molecule is COc1ccc(CNC(=O)CN2N=CN3NC4CCCCC4C3C2=O)cc1. The van der Waals surface area contributed by atoms with Crippen LogP contribution in [0.15, 0.2) is 29.4 Å². The van der Waals surface area contributed by atoms with Crippen LogP contribution in [0.3, 0.4) is 0 Å². The highest BCUT2D eigenvalue weighted by atomic mass is 16.5. The lowest BCUT2D eigenvalue weighted by Gasteiger charge is -2.32. The number of nitrogens with zero attached hydrogens (tertiary/aromatic N) is 3. The van der Waals surface area contributed by atoms with E-state index in [0.29, 0.717) is 18.5 Å². The molecule has 8 heteroatoms. The summed E-state index contributed by atoms with van der Waals surface area (Å²) in [6.07, 6.45) is 6.11. The molecule has 3 aliphatic rings. The monoisotopic (exact) mass is 371 g/mol. The lowest BCUT2D eigenvalue weighted by Crippen LogP contribution is -2.53.